The van der Waals surface area contributed by atoms with Crippen molar-refractivity contribution < 1.29 is 4.79 Å². The number of hydrogen-bond donors (Lipinski definition) is 3. The van der Waals surface area contributed by atoms with E-state index in [1.54, 1.807) is 0 Å². The molecule has 0 saturated carbocycles. The number of rotatable bonds is 3. The maximum Gasteiger partial charge on any atom is 0.226 e. The van der Waals surface area contributed by atoms with Crippen LogP contribution in [0.2, 0.25) is 0 Å². The summed E-state index contributed by atoms with van der Waals surface area (Å²) < 4.78 is 0. The van der Waals surface area contributed by atoms with Crippen LogP contribution in [0.5, 0.6) is 0 Å². The summed E-state index contributed by atoms with van der Waals surface area (Å²) in [4.78, 5) is 11.5. The van der Waals surface area contributed by atoms with Gasteiger partial charge in [0, 0.05) is 17.5 Å². The maximum absolute atomic E-state index is 11.5. The Morgan fingerprint density at radius 1 is 1.21 bits per heavy atom. The molecule has 0 aromatic rings. The Morgan fingerprint density at radius 3 is 2.21 bits per heavy atom. The average Bonchev–Trinajstić information content (AvgIpc) is 2.23. The highest BCUT2D eigenvalue weighted by atomic mass is 16.1. The van der Waals surface area contributed by atoms with Gasteiger partial charge in [0.25, 0.3) is 0 Å². The molecular weight excluding hydrogens is 240 g/mol. The number of piperidine rings is 1. The van der Waals surface area contributed by atoms with Gasteiger partial charge in [0.15, 0.2) is 0 Å². The molecule has 3 N–H and O–H groups in total. The maximum atomic E-state index is 11.5. The number of carbonyl (C=O) groups excluding carboxylic acids is 1. The van der Waals surface area contributed by atoms with E-state index in [-0.39, 0.29) is 22.9 Å². The molecule has 0 radical (unpaired) electrons. The molecule has 110 valence electrons. The zero-order valence-electron chi connectivity index (χ0n) is 12.9. The number of carbonyl (C=O) groups is 1. The number of guanidine groups is 1. The largest absolute Gasteiger partial charge is 0.296 e. The molecule has 1 fully saturated rings. The summed E-state index contributed by atoms with van der Waals surface area (Å²) in [5.41, 5.74) is 3.02. The number of nitrogens with zero attached hydrogens (tertiary/aromatic N) is 1. The molecule has 0 unspecified atom stereocenters. The quantitative estimate of drug-likeness (QED) is 0.544. The Morgan fingerprint density at radius 2 is 1.74 bits per heavy atom. The van der Waals surface area contributed by atoms with Crippen LogP contribution in [0.1, 0.15) is 66.7 Å². The topological polar surface area (TPSA) is 68.2 Å². The van der Waals surface area contributed by atoms with Crippen LogP contribution in [0.25, 0.3) is 0 Å². The zero-order valence-corrected chi connectivity index (χ0v) is 12.9. The smallest absolute Gasteiger partial charge is 0.226 e. The van der Waals surface area contributed by atoms with E-state index in [1.807, 2.05) is 6.92 Å². The lowest BCUT2D eigenvalue weighted by atomic mass is 9.82. The van der Waals surface area contributed by atoms with E-state index < -0.39 is 0 Å². The third-order valence-corrected chi connectivity index (χ3v) is 3.75. The first-order valence-corrected chi connectivity index (χ1v) is 7.14. The van der Waals surface area contributed by atoms with E-state index in [0.717, 1.165) is 19.3 Å². The van der Waals surface area contributed by atoms with Gasteiger partial charge in [-0.25, -0.2) is 5.01 Å². The van der Waals surface area contributed by atoms with Gasteiger partial charge in [-0.15, -0.1) is 0 Å². The van der Waals surface area contributed by atoms with Crippen molar-refractivity contribution in [3.05, 3.63) is 0 Å². The Labute approximate surface area is 116 Å². The predicted molar refractivity (Wildman–Crippen MR) is 77.8 cm³/mol. The molecule has 0 bridgehead atoms. The predicted octanol–water partition coefficient (Wildman–Crippen LogP) is 2.39. The minimum Gasteiger partial charge on any atom is -0.296 e. The number of nitrogens with one attached hydrogen (secondary N) is 3. The van der Waals surface area contributed by atoms with Gasteiger partial charge in [-0.1, -0.05) is 6.92 Å². The Kier molecular flexibility index (Phi) is 4.96. The molecular formula is C14H28N4O. The van der Waals surface area contributed by atoms with Crippen molar-refractivity contribution in [3.63, 3.8) is 0 Å². The summed E-state index contributed by atoms with van der Waals surface area (Å²) in [6, 6.07) is 0. The average molecular weight is 268 g/mol. The molecule has 0 aliphatic carbocycles. The van der Waals surface area contributed by atoms with Crippen molar-refractivity contribution in [1.29, 1.82) is 5.41 Å². The van der Waals surface area contributed by atoms with Crippen LogP contribution >= 0.6 is 0 Å². The SMILES string of the molecule is CCCC(=O)NC(=N)NN1C(C)(C)CCCC1(C)C. The standard InChI is InChI=1S/C14H28N4O/c1-6-8-11(19)16-12(15)17-18-13(2,3)9-7-10-14(18,4)5/h6-10H2,1-5H3,(H3,15,16,17,19). The van der Waals surface area contributed by atoms with Crippen LogP contribution in [0.15, 0.2) is 0 Å². The van der Waals surface area contributed by atoms with Gasteiger partial charge in [0.05, 0.1) is 0 Å². The Bertz CT molecular complexity index is 333. The number of amides is 1. The van der Waals surface area contributed by atoms with Gasteiger partial charge < -0.3 is 0 Å². The van der Waals surface area contributed by atoms with E-state index in [2.05, 4.69) is 43.4 Å². The van der Waals surface area contributed by atoms with Gasteiger partial charge in [-0.2, -0.15) is 0 Å². The molecule has 19 heavy (non-hydrogen) atoms. The molecule has 0 aromatic heterocycles. The fourth-order valence-electron chi connectivity index (χ4n) is 2.87. The second-order valence-electron chi connectivity index (χ2n) is 6.60. The minimum atomic E-state index is -0.104. The fourth-order valence-corrected chi connectivity index (χ4v) is 2.87. The molecule has 5 nitrogen and oxygen atoms in total. The summed E-state index contributed by atoms with van der Waals surface area (Å²) in [7, 11) is 0. The first-order chi connectivity index (χ1) is 8.69. The fraction of sp³-hybridized carbons (Fsp3) is 0.857. The van der Waals surface area contributed by atoms with Gasteiger partial charge in [-0.05, 0) is 53.4 Å². The summed E-state index contributed by atoms with van der Waals surface area (Å²) in [6.07, 6.45) is 4.60. The van der Waals surface area contributed by atoms with E-state index in [0.29, 0.717) is 6.42 Å². The number of hydrazine groups is 1. The van der Waals surface area contributed by atoms with E-state index in [1.165, 1.54) is 6.42 Å². The highest BCUT2D eigenvalue weighted by Crippen LogP contribution is 2.36. The molecule has 0 spiro atoms. The molecule has 1 heterocycles. The van der Waals surface area contributed by atoms with Gasteiger partial charge in [0.2, 0.25) is 11.9 Å². The monoisotopic (exact) mass is 268 g/mol. The summed E-state index contributed by atoms with van der Waals surface area (Å²) in [5.74, 6) is -0.0332. The van der Waals surface area contributed by atoms with Gasteiger partial charge >= 0.3 is 0 Å². The molecule has 1 aliphatic rings. The minimum absolute atomic E-state index is 0.0243. The van der Waals surface area contributed by atoms with Crippen molar-refractivity contribution in [1.82, 2.24) is 15.8 Å². The molecule has 1 amide bonds. The molecule has 5 heteroatoms. The summed E-state index contributed by atoms with van der Waals surface area (Å²) in [5, 5.41) is 12.6. The lowest BCUT2D eigenvalue weighted by Gasteiger charge is -2.52. The van der Waals surface area contributed by atoms with Crippen molar-refractivity contribution in [3.8, 4) is 0 Å². The van der Waals surface area contributed by atoms with E-state index in [9.17, 15) is 4.79 Å². The van der Waals surface area contributed by atoms with Crippen LogP contribution in [-0.2, 0) is 4.79 Å². The first-order valence-electron chi connectivity index (χ1n) is 7.14. The molecule has 1 saturated heterocycles. The summed E-state index contributed by atoms with van der Waals surface area (Å²) in [6.45, 7) is 10.6. The van der Waals surface area contributed by atoms with Crippen molar-refractivity contribution in [2.45, 2.75) is 77.8 Å². The van der Waals surface area contributed by atoms with Crippen molar-refractivity contribution in [2.75, 3.05) is 0 Å². The van der Waals surface area contributed by atoms with E-state index in [4.69, 9.17) is 5.41 Å². The first kappa shape index (κ1) is 16.0. The second-order valence-corrected chi connectivity index (χ2v) is 6.60. The van der Waals surface area contributed by atoms with Gasteiger partial charge in [-0.3, -0.25) is 20.9 Å². The van der Waals surface area contributed by atoms with Crippen LogP contribution in [-0.4, -0.2) is 28.0 Å². The normalized spacial score (nSPS) is 21.7. The Balaban J connectivity index is 2.66. The lowest BCUT2D eigenvalue weighted by Crippen LogP contribution is -2.67. The van der Waals surface area contributed by atoms with E-state index >= 15 is 0 Å². The zero-order chi connectivity index (χ0) is 14.7. The van der Waals surface area contributed by atoms with Crippen LogP contribution in [0, 0.1) is 5.41 Å². The summed E-state index contributed by atoms with van der Waals surface area (Å²) >= 11 is 0. The van der Waals surface area contributed by atoms with Crippen LogP contribution in [0.4, 0.5) is 0 Å². The second kappa shape index (κ2) is 5.90. The van der Waals surface area contributed by atoms with Gasteiger partial charge in [0.1, 0.15) is 0 Å². The third kappa shape index (κ3) is 4.20. The highest BCUT2D eigenvalue weighted by molar-refractivity contribution is 5.95. The highest BCUT2D eigenvalue weighted by Gasteiger charge is 2.42. The Hall–Kier alpha value is -1.10. The lowest BCUT2D eigenvalue weighted by molar-refractivity contribution is -0.120. The molecule has 1 aliphatic heterocycles. The van der Waals surface area contributed by atoms with Crippen molar-refractivity contribution in [2.24, 2.45) is 0 Å². The molecule has 0 atom stereocenters. The number of hydrogen-bond acceptors (Lipinski definition) is 3. The van der Waals surface area contributed by atoms with Crippen molar-refractivity contribution >= 4 is 11.9 Å². The van der Waals surface area contributed by atoms with Crippen LogP contribution < -0.4 is 10.7 Å². The molecule has 1 rings (SSSR count). The van der Waals surface area contributed by atoms with Crippen LogP contribution in [0.3, 0.4) is 0 Å². The third-order valence-electron chi connectivity index (χ3n) is 3.75. The molecule has 0 aromatic carbocycles.